The van der Waals surface area contributed by atoms with Crippen LogP contribution in [0.2, 0.25) is 0 Å². The SMILES string of the molecule is CC(C)CC(C)(C)C.O=C(O)CC(O)(CC(=O)O)C(=O)O.O=P(O)(O)O. The lowest BCUT2D eigenvalue weighted by molar-refractivity contribution is -0.170. The molecule has 7 N–H and O–H groups in total. The first-order valence-electron chi connectivity index (χ1n) is 7.37. The Labute approximate surface area is 151 Å². The molecule has 0 saturated heterocycles. The summed E-state index contributed by atoms with van der Waals surface area (Å²) < 4.78 is 8.88. The zero-order valence-corrected chi connectivity index (χ0v) is 16.3. The Morgan fingerprint density at radius 3 is 1.23 bits per heavy atom. The van der Waals surface area contributed by atoms with Crippen LogP contribution < -0.4 is 0 Å². The van der Waals surface area contributed by atoms with E-state index in [2.05, 4.69) is 34.6 Å². The maximum Gasteiger partial charge on any atom is 0.466 e. The van der Waals surface area contributed by atoms with Gasteiger partial charge in [-0.05, 0) is 17.8 Å². The van der Waals surface area contributed by atoms with E-state index in [1.165, 1.54) is 6.42 Å². The van der Waals surface area contributed by atoms with Gasteiger partial charge in [-0.2, -0.15) is 0 Å². The quantitative estimate of drug-likeness (QED) is 0.309. The molecule has 0 atom stereocenters. The third kappa shape index (κ3) is 27.3. The van der Waals surface area contributed by atoms with Crippen molar-refractivity contribution in [1.29, 1.82) is 0 Å². The van der Waals surface area contributed by atoms with Gasteiger partial charge in [0, 0.05) is 0 Å². The fourth-order valence-corrected chi connectivity index (χ4v) is 1.94. The molecule has 26 heavy (non-hydrogen) atoms. The van der Waals surface area contributed by atoms with E-state index in [0.29, 0.717) is 5.41 Å². The predicted molar refractivity (Wildman–Crippen MR) is 90.3 cm³/mol. The Hall–Kier alpha value is -1.52. The van der Waals surface area contributed by atoms with Crippen molar-refractivity contribution in [2.24, 2.45) is 11.3 Å². The lowest BCUT2D eigenvalue weighted by Gasteiger charge is -2.19. The summed E-state index contributed by atoms with van der Waals surface area (Å²) in [7, 11) is -4.64. The summed E-state index contributed by atoms with van der Waals surface area (Å²) in [4.78, 5) is 52.0. The van der Waals surface area contributed by atoms with E-state index in [4.69, 9.17) is 39.7 Å². The fraction of sp³-hybridized carbons (Fsp3) is 0.786. The van der Waals surface area contributed by atoms with E-state index in [1.54, 1.807) is 0 Å². The second-order valence-electron chi connectivity index (χ2n) is 7.15. The van der Waals surface area contributed by atoms with Crippen molar-refractivity contribution in [2.45, 2.75) is 59.5 Å². The molecule has 0 aromatic carbocycles. The van der Waals surface area contributed by atoms with E-state index in [1.807, 2.05) is 0 Å². The van der Waals surface area contributed by atoms with Crippen molar-refractivity contribution in [3.8, 4) is 0 Å². The maximum absolute atomic E-state index is 10.3. The smallest absolute Gasteiger partial charge is 0.466 e. The lowest BCUT2D eigenvalue weighted by Crippen LogP contribution is -2.42. The van der Waals surface area contributed by atoms with Crippen LogP contribution in [0.5, 0.6) is 0 Å². The highest BCUT2D eigenvalue weighted by molar-refractivity contribution is 7.45. The monoisotopic (exact) mass is 404 g/mol. The summed E-state index contributed by atoms with van der Waals surface area (Å²) in [5.74, 6) is -4.18. The first kappa shape index (κ1) is 29.3. The molecule has 0 fully saturated rings. The summed E-state index contributed by atoms with van der Waals surface area (Å²) in [5.41, 5.74) is -2.22. The van der Waals surface area contributed by atoms with Gasteiger partial charge in [0.2, 0.25) is 0 Å². The molecule has 0 aromatic heterocycles. The zero-order valence-electron chi connectivity index (χ0n) is 15.4. The Morgan fingerprint density at radius 1 is 0.885 bits per heavy atom. The normalized spacial score (nSPS) is 11.6. The van der Waals surface area contributed by atoms with E-state index in [-0.39, 0.29) is 0 Å². The summed E-state index contributed by atoms with van der Waals surface area (Å²) in [6.45, 7) is 11.4. The van der Waals surface area contributed by atoms with Crippen LogP contribution in [0, 0.1) is 11.3 Å². The first-order chi connectivity index (χ1) is 11.2. The molecular weight excluding hydrogens is 375 g/mol. The molecule has 0 radical (unpaired) electrons. The van der Waals surface area contributed by atoms with Gasteiger partial charge in [-0.1, -0.05) is 34.6 Å². The zero-order chi connectivity index (χ0) is 21.9. The summed E-state index contributed by atoms with van der Waals surface area (Å²) in [5, 5.41) is 33.8. The number of hydrogen-bond donors (Lipinski definition) is 7. The Kier molecular flexibility index (Phi) is 13.5. The van der Waals surface area contributed by atoms with Crippen molar-refractivity contribution in [2.75, 3.05) is 0 Å². The van der Waals surface area contributed by atoms with Crippen molar-refractivity contribution >= 4 is 25.7 Å². The third-order valence-corrected chi connectivity index (χ3v) is 2.31. The molecule has 0 spiro atoms. The van der Waals surface area contributed by atoms with Gasteiger partial charge >= 0.3 is 25.7 Å². The Bertz CT molecular complexity index is 477. The molecule has 0 amide bonds. The third-order valence-electron chi connectivity index (χ3n) is 2.31. The molecule has 156 valence electrons. The lowest BCUT2D eigenvalue weighted by atomic mass is 9.86. The molecule has 0 rings (SSSR count). The second-order valence-corrected chi connectivity index (χ2v) is 8.18. The average molecular weight is 404 g/mol. The highest BCUT2D eigenvalue weighted by atomic mass is 31.2. The van der Waals surface area contributed by atoms with Crippen LogP contribution in [0.1, 0.15) is 53.9 Å². The van der Waals surface area contributed by atoms with E-state index in [0.717, 1.165) is 5.92 Å². The first-order valence-corrected chi connectivity index (χ1v) is 8.94. The van der Waals surface area contributed by atoms with Crippen molar-refractivity contribution in [1.82, 2.24) is 0 Å². The topological polar surface area (TPSA) is 210 Å². The van der Waals surface area contributed by atoms with Gasteiger partial charge in [-0.3, -0.25) is 9.59 Å². The number of carboxylic acid groups (broad SMARTS) is 3. The minimum absolute atomic E-state index is 0.522. The number of rotatable bonds is 6. The van der Waals surface area contributed by atoms with Crippen LogP contribution in [0.3, 0.4) is 0 Å². The molecule has 0 bridgehead atoms. The molecular formula is C14H29O11P. The van der Waals surface area contributed by atoms with Gasteiger partial charge in [0.15, 0.2) is 5.60 Å². The van der Waals surface area contributed by atoms with Gasteiger partial charge in [-0.25, -0.2) is 9.36 Å². The predicted octanol–water partition coefficient (Wildman–Crippen LogP) is 0.901. The van der Waals surface area contributed by atoms with Gasteiger partial charge < -0.3 is 35.1 Å². The van der Waals surface area contributed by atoms with E-state index in [9.17, 15) is 14.4 Å². The molecule has 0 saturated carbocycles. The van der Waals surface area contributed by atoms with Gasteiger partial charge in [-0.15, -0.1) is 0 Å². The minimum Gasteiger partial charge on any atom is -0.481 e. The van der Waals surface area contributed by atoms with Gasteiger partial charge in [0.1, 0.15) is 0 Å². The average Bonchev–Trinajstić information content (AvgIpc) is 2.20. The summed E-state index contributed by atoms with van der Waals surface area (Å²) in [6.07, 6.45) is -0.962. The highest BCUT2D eigenvalue weighted by Crippen LogP contribution is 2.25. The van der Waals surface area contributed by atoms with Crippen molar-refractivity contribution < 1.29 is 54.1 Å². The largest absolute Gasteiger partial charge is 0.481 e. The standard InChI is InChI=1S/C8H18.C6H8O7.H3O4P/c1-7(2)6-8(3,4)5;7-3(8)1-6(13,5(11)12)2-4(9)10;1-5(2,3)4/h7H,6H2,1-5H3;13H,1-2H2,(H,7,8)(H,9,10)(H,11,12);(H3,1,2,3,4). The minimum atomic E-state index is -4.64. The molecule has 0 aliphatic rings. The van der Waals surface area contributed by atoms with Crippen LogP contribution in [0.25, 0.3) is 0 Å². The molecule has 0 heterocycles. The number of aliphatic carboxylic acids is 3. The van der Waals surface area contributed by atoms with Crippen LogP contribution in [-0.4, -0.2) is 58.6 Å². The van der Waals surface area contributed by atoms with Gasteiger partial charge in [0.05, 0.1) is 12.8 Å². The number of aliphatic hydroxyl groups is 1. The number of carboxylic acids is 3. The number of phosphoric acid groups is 1. The Balaban J connectivity index is -0.000000346. The van der Waals surface area contributed by atoms with E-state index >= 15 is 0 Å². The second kappa shape index (κ2) is 12.0. The maximum atomic E-state index is 10.3. The molecule has 0 aromatic rings. The van der Waals surface area contributed by atoms with Crippen molar-refractivity contribution in [3.63, 3.8) is 0 Å². The van der Waals surface area contributed by atoms with Crippen LogP contribution in [0.15, 0.2) is 0 Å². The number of carbonyl (C=O) groups is 3. The fourth-order valence-electron chi connectivity index (χ4n) is 1.94. The summed E-state index contributed by atoms with van der Waals surface area (Å²) in [6, 6.07) is 0. The molecule has 0 unspecified atom stereocenters. The highest BCUT2D eigenvalue weighted by Gasteiger charge is 2.40. The van der Waals surface area contributed by atoms with Crippen molar-refractivity contribution in [3.05, 3.63) is 0 Å². The van der Waals surface area contributed by atoms with Crippen LogP contribution >= 0.6 is 7.82 Å². The molecule has 0 aliphatic carbocycles. The van der Waals surface area contributed by atoms with Crippen LogP contribution in [0.4, 0.5) is 0 Å². The van der Waals surface area contributed by atoms with Crippen LogP contribution in [-0.2, 0) is 18.9 Å². The molecule has 12 heteroatoms. The summed E-state index contributed by atoms with van der Waals surface area (Å²) >= 11 is 0. The number of hydrogen-bond acceptors (Lipinski definition) is 5. The van der Waals surface area contributed by atoms with E-state index < -0.39 is 44.2 Å². The molecule has 0 aliphatic heterocycles. The Morgan fingerprint density at radius 2 is 1.15 bits per heavy atom. The molecule has 11 nitrogen and oxygen atoms in total. The van der Waals surface area contributed by atoms with Gasteiger partial charge in [0.25, 0.3) is 0 Å².